The molecule has 0 saturated heterocycles. The molecule has 0 aromatic heterocycles. The summed E-state index contributed by atoms with van der Waals surface area (Å²) in [5.41, 5.74) is 2.42. The quantitative estimate of drug-likeness (QED) is 0.576. The van der Waals surface area contributed by atoms with Gasteiger partial charge in [-0.25, -0.2) is 4.79 Å². The van der Waals surface area contributed by atoms with E-state index in [-0.39, 0.29) is 12.6 Å². The van der Waals surface area contributed by atoms with Crippen molar-refractivity contribution in [2.45, 2.75) is 52.7 Å². The van der Waals surface area contributed by atoms with E-state index in [1.807, 2.05) is 48.5 Å². The highest BCUT2D eigenvalue weighted by Crippen LogP contribution is 2.24. The molecule has 162 valence electrons. The van der Waals surface area contributed by atoms with Crippen molar-refractivity contribution in [2.24, 2.45) is 5.92 Å². The summed E-state index contributed by atoms with van der Waals surface area (Å²) in [6.45, 7) is 9.19. The minimum Gasteiger partial charge on any atom is -0.466 e. The fraction of sp³-hybridized carbons (Fsp3) is 0.417. The molecule has 0 aliphatic heterocycles. The number of hydrogen-bond acceptors (Lipinski definition) is 4. The van der Waals surface area contributed by atoms with Gasteiger partial charge >= 0.3 is 12.1 Å². The molecule has 2 aromatic rings. The first-order chi connectivity index (χ1) is 14.1. The third-order valence-electron chi connectivity index (χ3n) is 4.53. The molecule has 2 rings (SSSR count). The van der Waals surface area contributed by atoms with Crippen molar-refractivity contribution in [2.75, 3.05) is 6.61 Å². The number of rotatable bonds is 7. The van der Waals surface area contributed by atoms with Gasteiger partial charge in [-0.05, 0) is 69.9 Å². The molecule has 0 fully saturated rings. The number of alkyl carbamates (subject to hydrolysis) is 1. The molecular weight excluding hydrogens is 402 g/mol. The van der Waals surface area contributed by atoms with E-state index >= 15 is 0 Å². The van der Waals surface area contributed by atoms with Gasteiger partial charge in [0, 0.05) is 11.1 Å². The first-order valence-corrected chi connectivity index (χ1v) is 10.5. The minimum absolute atomic E-state index is 0.288. The minimum atomic E-state index is -0.625. The van der Waals surface area contributed by atoms with E-state index in [4.69, 9.17) is 21.1 Å². The Bertz CT molecular complexity index is 858. The SMILES string of the molecule is CCOC(=O)C(C)C(Cc1ccc(-c2cccc(Cl)c2)cc1)NC(=O)OC(C)(C)C. The van der Waals surface area contributed by atoms with E-state index in [1.165, 1.54) is 0 Å². The maximum Gasteiger partial charge on any atom is 0.407 e. The second-order valence-corrected chi connectivity index (χ2v) is 8.64. The van der Waals surface area contributed by atoms with Crippen LogP contribution in [0.5, 0.6) is 0 Å². The number of ether oxygens (including phenoxy) is 2. The number of carbonyl (C=O) groups is 2. The molecule has 0 saturated carbocycles. The number of halogens is 1. The lowest BCUT2D eigenvalue weighted by molar-refractivity contribution is -0.148. The van der Waals surface area contributed by atoms with Crippen molar-refractivity contribution in [1.29, 1.82) is 0 Å². The number of esters is 1. The Kier molecular flexibility index (Phi) is 8.30. The van der Waals surface area contributed by atoms with Crippen LogP contribution >= 0.6 is 11.6 Å². The largest absolute Gasteiger partial charge is 0.466 e. The molecule has 2 atom stereocenters. The molecule has 0 aliphatic carbocycles. The lowest BCUT2D eigenvalue weighted by Crippen LogP contribution is -2.46. The van der Waals surface area contributed by atoms with E-state index in [0.717, 1.165) is 16.7 Å². The van der Waals surface area contributed by atoms with Crippen molar-refractivity contribution in [3.8, 4) is 11.1 Å². The Hall–Kier alpha value is -2.53. The summed E-state index contributed by atoms with van der Waals surface area (Å²) >= 11 is 6.08. The maximum atomic E-state index is 12.3. The van der Waals surface area contributed by atoms with E-state index in [9.17, 15) is 9.59 Å². The smallest absolute Gasteiger partial charge is 0.407 e. The van der Waals surface area contributed by atoms with Gasteiger partial charge in [-0.2, -0.15) is 0 Å². The van der Waals surface area contributed by atoms with Gasteiger partial charge in [0.15, 0.2) is 0 Å². The van der Waals surface area contributed by atoms with Gasteiger partial charge in [0.25, 0.3) is 0 Å². The zero-order valence-corrected chi connectivity index (χ0v) is 19.0. The van der Waals surface area contributed by atoms with Crippen molar-refractivity contribution in [3.05, 3.63) is 59.1 Å². The lowest BCUT2D eigenvalue weighted by Gasteiger charge is -2.26. The van der Waals surface area contributed by atoms with Crippen LogP contribution < -0.4 is 5.32 Å². The molecule has 30 heavy (non-hydrogen) atoms. The van der Waals surface area contributed by atoms with Crippen LogP contribution in [0.1, 0.15) is 40.2 Å². The summed E-state index contributed by atoms with van der Waals surface area (Å²) in [6.07, 6.45) is -0.0890. The Balaban J connectivity index is 2.17. The summed E-state index contributed by atoms with van der Waals surface area (Å²) in [5, 5.41) is 3.52. The maximum absolute atomic E-state index is 12.3. The van der Waals surface area contributed by atoms with Crippen molar-refractivity contribution in [3.63, 3.8) is 0 Å². The van der Waals surface area contributed by atoms with Gasteiger partial charge in [0.2, 0.25) is 0 Å². The fourth-order valence-corrected chi connectivity index (χ4v) is 3.20. The molecule has 6 heteroatoms. The Morgan fingerprint density at radius 3 is 2.30 bits per heavy atom. The number of amides is 1. The molecule has 0 radical (unpaired) electrons. The number of benzene rings is 2. The fourth-order valence-electron chi connectivity index (χ4n) is 3.00. The number of carbonyl (C=O) groups excluding carboxylic acids is 2. The molecule has 5 nitrogen and oxygen atoms in total. The van der Waals surface area contributed by atoms with E-state index < -0.39 is 23.7 Å². The van der Waals surface area contributed by atoms with Gasteiger partial charge in [0.1, 0.15) is 5.60 Å². The van der Waals surface area contributed by atoms with Crippen LogP contribution in [0.15, 0.2) is 48.5 Å². The van der Waals surface area contributed by atoms with Gasteiger partial charge in [-0.15, -0.1) is 0 Å². The zero-order chi connectivity index (χ0) is 22.3. The lowest BCUT2D eigenvalue weighted by atomic mass is 9.94. The second-order valence-electron chi connectivity index (χ2n) is 8.20. The summed E-state index contributed by atoms with van der Waals surface area (Å²) in [4.78, 5) is 24.6. The van der Waals surface area contributed by atoms with Crippen LogP contribution in [0.3, 0.4) is 0 Å². The molecule has 1 amide bonds. The summed E-state index contributed by atoms with van der Waals surface area (Å²) in [5.74, 6) is -0.876. The van der Waals surface area contributed by atoms with Crippen molar-refractivity contribution >= 4 is 23.7 Å². The number of hydrogen-bond donors (Lipinski definition) is 1. The summed E-state index contributed by atoms with van der Waals surface area (Å²) < 4.78 is 10.5. The summed E-state index contributed by atoms with van der Waals surface area (Å²) in [7, 11) is 0. The van der Waals surface area contributed by atoms with Crippen LogP contribution in [-0.4, -0.2) is 30.3 Å². The van der Waals surface area contributed by atoms with E-state index in [2.05, 4.69) is 5.32 Å². The van der Waals surface area contributed by atoms with Gasteiger partial charge in [-0.1, -0.05) is 48.0 Å². The van der Waals surface area contributed by atoms with Crippen LogP contribution in [0, 0.1) is 5.92 Å². The normalized spacial score (nSPS) is 13.3. The Morgan fingerprint density at radius 1 is 1.07 bits per heavy atom. The molecule has 2 aromatic carbocycles. The van der Waals surface area contributed by atoms with Gasteiger partial charge in [-0.3, -0.25) is 4.79 Å². The average molecular weight is 432 g/mol. The average Bonchev–Trinajstić information content (AvgIpc) is 2.66. The highest BCUT2D eigenvalue weighted by atomic mass is 35.5. The van der Waals surface area contributed by atoms with Crippen LogP contribution in [0.25, 0.3) is 11.1 Å². The molecule has 2 unspecified atom stereocenters. The highest BCUT2D eigenvalue weighted by Gasteiger charge is 2.29. The molecule has 1 N–H and O–H groups in total. The number of nitrogens with one attached hydrogen (secondary N) is 1. The predicted molar refractivity (Wildman–Crippen MR) is 120 cm³/mol. The predicted octanol–water partition coefficient (Wildman–Crippen LogP) is 5.64. The highest BCUT2D eigenvalue weighted by molar-refractivity contribution is 6.30. The standard InChI is InChI=1S/C24H30ClNO4/c1-6-29-22(27)16(2)21(26-23(28)30-24(3,4)5)14-17-10-12-18(13-11-17)19-8-7-9-20(25)15-19/h7-13,15-16,21H,6,14H2,1-5H3,(H,26,28). The topological polar surface area (TPSA) is 64.6 Å². The first kappa shape index (κ1) is 23.7. The Labute approximate surface area is 183 Å². The molecule has 0 bridgehead atoms. The summed E-state index contributed by atoms with van der Waals surface area (Å²) in [6, 6.07) is 15.2. The Morgan fingerprint density at radius 2 is 1.73 bits per heavy atom. The van der Waals surface area contributed by atoms with Crippen LogP contribution in [0.2, 0.25) is 5.02 Å². The molecule has 0 aliphatic rings. The van der Waals surface area contributed by atoms with Crippen LogP contribution in [0.4, 0.5) is 4.79 Å². The molecule has 0 spiro atoms. The van der Waals surface area contributed by atoms with Crippen molar-refractivity contribution in [1.82, 2.24) is 5.32 Å². The first-order valence-electron chi connectivity index (χ1n) is 10.1. The van der Waals surface area contributed by atoms with E-state index in [1.54, 1.807) is 34.6 Å². The molecular formula is C24H30ClNO4. The monoisotopic (exact) mass is 431 g/mol. The van der Waals surface area contributed by atoms with E-state index in [0.29, 0.717) is 11.4 Å². The van der Waals surface area contributed by atoms with Crippen molar-refractivity contribution < 1.29 is 19.1 Å². The molecule has 0 heterocycles. The zero-order valence-electron chi connectivity index (χ0n) is 18.2. The van der Waals surface area contributed by atoms with Gasteiger partial charge in [0.05, 0.1) is 12.5 Å². The second kappa shape index (κ2) is 10.5. The van der Waals surface area contributed by atoms with Gasteiger partial charge < -0.3 is 14.8 Å². The van der Waals surface area contributed by atoms with Crippen LogP contribution in [-0.2, 0) is 20.7 Å². The third kappa shape index (κ3) is 7.38. The third-order valence-corrected chi connectivity index (χ3v) is 4.77.